The van der Waals surface area contributed by atoms with Gasteiger partial charge in [-0.1, -0.05) is 24.3 Å². The monoisotopic (exact) mass is 247 g/mol. The summed E-state index contributed by atoms with van der Waals surface area (Å²) in [5.41, 5.74) is 2.89. The van der Waals surface area contributed by atoms with Crippen molar-refractivity contribution in [3.8, 4) is 0 Å². The summed E-state index contributed by atoms with van der Waals surface area (Å²) in [6.45, 7) is 9.04. The average molecular weight is 247 g/mol. The van der Waals surface area contributed by atoms with E-state index in [1.807, 2.05) is 0 Å². The lowest BCUT2D eigenvalue weighted by Crippen LogP contribution is -2.47. The van der Waals surface area contributed by atoms with E-state index >= 15 is 0 Å². The molecule has 0 saturated carbocycles. The maximum atomic E-state index is 3.39. The van der Waals surface area contributed by atoms with Gasteiger partial charge in [-0.2, -0.15) is 0 Å². The lowest BCUT2D eigenvalue weighted by molar-refractivity contribution is 0.140. The molecule has 1 N–H and O–H groups in total. The van der Waals surface area contributed by atoms with Gasteiger partial charge in [0.25, 0.3) is 0 Å². The van der Waals surface area contributed by atoms with Crippen LogP contribution in [-0.2, 0) is 6.42 Å². The first-order valence-corrected chi connectivity index (χ1v) is 6.92. The number of rotatable bonds is 5. The number of aryl methyl sites for hydroxylation is 1. The van der Waals surface area contributed by atoms with Gasteiger partial charge >= 0.3 is 0 Å². The van der Waals surface area contributed by atoms with Crippen LogP contribution in [-0.4, -0.2) is 56.2 Å². The van der Waals surface area contributed by atoms with Crippen molar-refractivity contribution >= 4 is 0 Å². The van der Waals surface area contributed by atoms with E-state index in [1.54, 1.807) is 0 Å². The summed E-state index contributed by atoms with van der Waals surface area (Å²) in [4.78, 5) is 4.95. The number of hydrogen-bond donors (Lipinski definition) is 1. The second-order valence-corrected chi connectivity index (χ2v) is 5.27. The summed E-state index contributed by atoms with van der Waals surface area (Å²) in [6, 6.07) is 8.70. The Labute approximate surface area is 111 Å². The summed E-state index contributed by atoms with van der Waals surface area (Å²) >= 11 is 0. The van der Waals surface area contributed by atoms with Crippen LogP contribution in [0.15, 0.2) is 24.3 Å². The molecular formula is C15H25N3. The van der Waals surface area contributed by atoms with E-state index in [0.29, 0.717) is 0 Å². The molecule has 2 rings (SSSR count). The quantitative estimate of drug-likeness (QED) is 0.847. The third kappa shape index (κ3) is 4.09. The highest BCUT2D eigenvalue weighted by Crippen LogP contribution is 2.08. The topological polar surface area (TPSA) is 18.5 Å². The van der Waals surface area contributed by atoms with Crippen molar-refractivity contribution in [1.29, 1.82) is 0 Å². The average Bonchev–Trinajstić information content (AvgIpc) is 2.39. The lowest BCUT2D eigenvalue weighted by atomic mass is 10.1. The standard InChI is InChI=1S/C15H25N3/c1-14-5-3-4-6-15(14)7-10-17(2)13-18-11-8-16-9-12-18/h3-6,16H,7-13H2,1-2H3. The Morgan fingerprint density at radius 3 is 2.67 bits per heavy atom. The van der Waals surface area contributed by atoms with E-state index in [2.05, 4.69) is 53.4 Å². The first-order valence-electron chi connectivity index (χ1n) is 6.92. The number of nitrogens with one attached hydrogen (secondary N) is 1. The minimum atomic E-state index is 1.09. The molecule has 0 aromatic heterocycles. The fourth-order valence-electron chi connectivity index (χ4n) is 2.47. The van der Waals surface area contributed by atoms with Gasteiger partial charge in [-0.05, 0) is 31.5 Å². The largest absolute Gasteiger partial charge is 0.314 e. The minimum Gasteiger partial charge on any atom is -0.314 e. The van der Waals surface area contributed by atoms with E-state index in [4.69, 9.17) is 0 Å². The van der Waals surface area contributed by atoms with Crippen LogP contribution in [0, 0.1) is 6.92 Å². The molecule has 3 nitrogen and oxygen atoms in total. The molecule has 0 amide bonds. The van der Waals surface area contributed by atoms with Crippen molar-refractivity contribution in [3.05, 3.63) is 35.4 Å². The van der Waals surface area contributed by atoms with Gasteiger partial charge < -0.3 is 5.32 Å². The molecule has 1 saturated heterocycles. The van der Waals surface area contributed by atoms with Gasteiger partial charge in [0.05, 0.1) is 6.67 Å². The molecule has 0 atom stereocenters. The Morgan fingerprint density at radius 2 is 1.94 bits per heavy atom. The third-order valence-electron chi connectivity index (χ3n) is 3.68. The van der Waals surface area contributed by atoms with Crippen LogP contribution in [0.1, 0.15) is 11.1 Å². The maximum absolute atomic E-state index is 3.39. The summed E-state index contributed by atoms with van der Waals surface area (Å²) in [5.74, 6) is 0. The van der Waals surface area contributed by atoms with Crippen LogP contribution in [0.25, 0.3) is 0 Å². The molecule has 0 bridgehead atoms. The SMILES string of the molecule is Cc1ccccc1CCN(C)CN1CCNCC1. The normalized spacial score (nSPS) is 17.3. The number of nitrogens with zero attached hydrogens (tertiary/aromatic N) is 2. The maximum Gasteiger partial charge on any atom is 0.0504 e. The Kier molecular flexibility index (Phi) is 5.17. The first-order chi connectivity index (χ1) is 8.75. The summed E-state index contributed by atoms with van der Waals surface area (Å²) in [6.07, 6.45) is 1.15. The fourth-order valence-corrected chi connectivity index (χ4v) is 2.47. The predicted octanol–water partition coefficient (Wildman–Crippen LogP) is 1.33. The van der Waals surface area contributed by atoms with Gasteiger partial charge in [0, 0.05) is 32.7 Å². The van der Waals surface area contributed by atoms with E-state index in [-0.39, 0.29) is 0 Å². The molecule has 1 aromatic carbocycles. The van der Waals surface area contributed by atoms with Crippen molar-refractivity contribution in [2.45, 2.75) is 13.3 Å². The molecule has 1 aromatic rings. The number of likely N-dealkylation sites (N-methyl/N-ethyl adjacent to an activating group) is 1. The molecule has 1 fully saturated rings. The Balaban J connectivity index is 1.74. The van der Waals surface area contributed by atoms with Crippen molar-refractivity contribution in [2.75, 3.05) is 46.4 Å². The Bertz CT molecular complexity index is 359. The zero-order valence-corrected chi connectivity index (χ0v) is 11.7. The molecule has 100 valence electrons. The van der Waals surface area contributed by atoms with Gasteiger partial charge in [0.1, 0.15) is 0 Å². The Morgan fingerprint density at radius 1 is 1.22 bits per heavy atom. The van der Waals surface area contributed by atoms with Gasteiger partial charge in [0.15, 0.2) is 0 Å². The van der Waals surface area contributed by atoms with Crippen LogP contribution in [0.2, 0.25) is 0 Å². The van der Waals surface area contributed by atoms with E-state index in [1.165, 1.54) is 24.2 Å². The molecule has 0 radical (unpaired) electrons. The van der Waals surface area contributed by atoms with Crippen LogP contribution >= 0.6 is 0 Å². The molecule has 1 heterocycles. The van der Waals surface area contributed by atoms with Gasteiger partial charge in [-0.3, -0.25) is 9.80 Å². The zero-order valence-electron chi connectivity index (χ0n) is 11.7. The van der Waals surface area contributed by atoms with Crippen molar-refractivity contribution in [2.24, 2.45) is 0 Å². The smallest absolute Gasteiger partial charge is 0.0504 e. The second kappa shape index (κ2) is 6.88. The van der Waals surface area contributed by atoms with Gasteiger partial charge in [-0.25, -0.2) is 0 Å². The number of benzene rings is 1. The molecule has 1 aliphatic rings. The molecule has 18 heavy (non-hydrogen) atoms. The second-order valence-electron chi connectivity index (χ2n) is 5.27. The lowest BCUT2D eigenvalue weighted by Gasteiger charge is -2.31. The molecule has 0 spiro atoms. The fraction of sp³-hybridized carbons (Fsp3) is 0.600. The zero-order chi connectivity index (χ0) is 12.8. The van der Waals surface area contributed by atoms with Crippen molar-refractivity contribution in [1.82, 2.24) is 15.1 Å². The van der Waals surface area contributed by atoms with Crippen molar-refractivity contribution < 1.29 is 0 Å². The summed E-state index contributed by atoms with van der Waals surface area (Å²) in [5, 5.41) is 3.39. The van der Waals surface area contributed by atoms with Crippen LogP contribution in [0.3, 0.4) is 0 Å². The molecular weight excluding hydrogens is 222 g/mol. The first kappa shape index (κ1) is 13.5. The van der Waals surface area contributed by atoms with Gasteiger partial charge in [-0.15, -0.1) is 0 Å². The third-order valence-corrected chi connectivity index (χ3v) is 3.68. The molecule has 0 unspecified atom stereocenters. The van der Waals surface area contributed by atoms with Gasteiger partial charge in [0.2, 0.25) is 0 Å². The van der Waals surface area contributed by atoms with Crippen LogP contribution in [0.4, 0.5) is 0 Å². The predicted molar refractivity (Wildman–Crippen MR) is 76.8 cm³/mol. The van der Waals surface area contributed by atoms with Crippen molar-refractivity contribution in [3.63, 3.8) is 0 Å². The molecule has 3 heteroatoms. The van der Waals surface area contributed by atoms with E-state index in [9.17, 15) is 0 Å². The summed E-state index contributed by atoms with van der Waals surface area (Å²) < 4.78 is 0. The highest BCUT2D eigenvalue weighted by molar-refractivity contribution is 5.25. The van der Waals surface area contributed by atoms with E-state index < -0.39 is 0 Å². The van der Waals surface area contributed by atoms with Crippen LogP contribution in [0.5, 0.6) is 0 Å². The van der Waals surface area contributed by atoms with E-state index in [0.717, 1.165) is 32.7 Å². The number of piperazine rings is 1. The number of hydrogen-bond acceptors (Lipinski definition) is 3. The summed E-state index contributed by atoms with van der Waals surface area (Å²) in [7, 11) is 2.22. The van der Waals surface area contributed by atoms with Crippen LogP contribution < -0.4 is 5.32 Å². The minimum absolute atomic E-state index is 1.09. The highest BCUT2D eigenvalue weighted by Gasteiger charge is 2.11. The molecule has 1 aliphatic heterocycles. The molecule has 0 aliphatic carbocycles. The highest BCUT2D eigenvalue weighted by atomic mass is 15.3. The Hall–Kier alpha value is -0.900.